The van der Waals surface area contributed by atoms with Crippen molar-refractivity contribution in [3.63, 3.8) is 0 Å². The van der Waals surface area contributed by atoms with Crippen LogP contribution < -0.4 is 16.0 Å². The van der Waals surface area contributed by atoms with Crippen molar-refractivity contribution in [2.45, 2.75) is 4.90 Å². The fraction of sp³-hybridized carbons (Fsp3) is 0.273. The maximum Gasteiger partial charge on any atom is 0.247 e. The minimum absolute atomic E-state index is 0.167. The fourth-order valence-corrected chi connectivity index (χ4v) is 2.54. The lowest BCUT2D eigenvalue weighted by molar-refractivity contribution is -0.124. The molecule has 0 unspecified atom stereocenters. The van der Waals surface area contributed by atoms with Crippen molar-refractivity contribution in [2.75, 3.05) is 29.6 Å². The normalized spacial score (nSPS) is 14.5. The highest BCUT2D eigenvalue weighted by atomic mass is 32.2. The molecule has 0 saturated carbocycles. The second kappa shape index (κ2) is 4.77. The number of imide groups is 1. The van der Waals surface area contributed by atoms with Crippen LogP contribution >= 0.6 is 11.8 Å². The van der Waals surface area contributed by atoms with Crippen molar-refractivity contribution in [3.8, 4) is 0 Å². The second-order valence-corrected chi connectivity index (χ2v) is 4.57. The summed E-state index contributed by atoms with van der Waals surface area (Å²) in [5.74, 6) is -0.312. The van der Waals surface area contributed by atoms with Crippen LogP contribution in [0, 0.1) is 0 Å². The van der Waals surface area contributed by atoms with Gasteiger partial charge in [-0.1, -0.05) is 0 Å². The molecular formula is C11H13N3O2S. The summed E-state index contributed by atoms with van der Waals surface area (Å²) >= 11 is 1.44. The van der Waals surface area contributed by atoms with Gasteiger partial charge in [-0.05, 0) is 18.2 Å². The number of rotatable bonds is 2. The van der Waals surface area contributed by atoms with E-state index in [4.69, 9.17) is 5.73 Å². The number of nitrogens with two attached hydrogens (primary N) is 1. The smallest absolute Gasteiger partial charge is 0.247 e. The third-order valence-electron chi connectivity index (χ3n) is 2.51. The number of benzene rings is 1. The molecule has 1 heterocycles. The molecule has 0 fully saturated rings. The van der Waals surface area contributed by atoms with Crippen molar-refractivity contribution >= 4 is 35.0 Å². The van der Waals surface area contributed by atoms with E-state index in [0.717, 1.165) is 10.6 Å². The lowest BCUT2D eigenvalue weighted by Gasteiger charge is -2.27. The average Bonchev–Trinajstić information content (AvgIpc) is 2.37. The summed E-state index contributed by atoms with van der Waals surface area (Å²) in [6.07, 6.45) is 0. The van der Waals surface area contributed by atoms with E-state index in [2.05, 4.69) is 5.32 Å². The van der Waals surface area contributed by atoms with Gasteiger partial charge in [0.25, 0.3) is 0 Å². The summed E-state index contributed by atoms with van der Waals surface area (Å²) in [5.41, 5.74) is 6.80. The van der Waals surface area contributed by atoms with Crippen molar-refractivity contribution in [1.29, 1.82) is 0 Å². The summed E-state index contributed by atoms with van der Waals surface area (Å²) < 4.78 is 0. The molecule has 2 amide bonds. The zero-order chi connectivity index (χ0) is 12.4. The molecule has 1 aliphatic heterocycles. The van der Waals surface area contributed by atoms with E-state index in [9.17, 15) is 9.59 Å². The number of amides is 2. The van der Waals surface area contributed by atoms with Gasteiger partial charge in [-0.3, -0.25) is 9.59 Å². The Morgan fingerprint density at radius 2 is 2.35 bits per heavy atom. The van der Waals surface area contributed by atoms with E-state index >= 15 is 0 Å². The van der Waals surface area contributed by atoms with Crippen LogP contribution in [0.2, 0.25) is 0 Å². The van der Waals surface area contributed by atoms with Gasteiger partial charge in [-0.15, -0.1) is 11.8 Å². The topological polar surface area (TPSA) is 75.4 Å². The molecule has 3 N–H and O–H groups in total. The van der Waals surface area contributed by atoms with E-state index < -0.39 is 0 Å². The molecule has 1 aromatic carbocycles. The molecule has 6 heteroatoms. The van der Waals surface area contributed by atoms with Crippen molar-refractivity contribution in [3.05, 3.63) is 18.2 Å². The number of carbonyl (C=O) groups excluding carboxylic acids is 2. The first-order chi connectivity index (χ1) is 8.17. The first kappa shape index (κ1) is 11.9. The summed E-state index contributed by atoms with van der Waals surface area (Å²) in [6.45, 7) is -0.167. The number of carbonyl (C=O) groups is 2. The Balaban J connectivity index is 2.48. The van der Waals surface area contributed by atoms with Crippen LogP contribution in [-0.4, -0.2) is 31.2 Å². The molecule has 5 nitrogen and oxygen atoms in total. The standard InChI is InChI=1S/C11H13N3O2S/c1-13-7-2-3-9-8(4-7)14(10(15)5-12)11(16)6-17-9/h2-4,13H,5-6,12H2,1H3. The Kier molecular flexibility index (Phi) is 3.35. The molecule has 0 aliphatic carbocycles. The summed E-state index contributed by atoms with van der Waals surface area (Å²) in [5, 5.41) is 2.98. The molecule has 0 saturated heterocycles. The van der Waals surface area contributed by atoms with Gasteiger partial charge >= 0.3 is 0 Å². The number of anilines is 2. The number of hydrogen-bond acceptors (Lipinski definition) is 5. The van der Waals surface area contributed by atoms with Crippen molar-refractivity contribution < 1.29 is 9.59 Å². The van der Waals surface area contributed by atoms with Crippen LogP contribution in [0.5, 0.6) is 0 Å². The molecule has 17 heavy (non-hydrogen) atoms. The molecular weight excluding hydrogens is 238 g/mol. The first-order valence-electron chi connectivity index (χ1n) is 5.18. The minimum atomic E-state index is -0.371. The van der Waals surface area contributed by atoms with Crippen LogP contribution in [0.25, 0.3) is 0 Å². The second-order valence-electron chi connectivity index (χ2n) is 3.55. The van der Waals surface area contributed by atoms with E-state index in [1.54, 1.807) is 13.1 Å². The van der Waals surface area contributed by atoms with Crippen molar-refractivity contribution in [2.24, 2.45) is 5.73 Å². The Bertz CT molecular complexity index is 476. The SMILES string of the molecule is CNc1ccc2c(c1)N(C(=O)CN)C(=O)CS2. The summed E-state index contributed by atoms with van der Waals surface area (Å²) in [7, 11) is 1.79. The fourth-order valence-electron chi connectivity index (χ4n) is 1.67. The van der Waals surface area contributed by atoms with Gasteiger partial charge in [0.15, 0.2) is 0 Å². The number of nitrogens with zero attached hydrogens (tertiary/aromatic N) is 1. The van der Waals surface area contributed by atoms with Gasteiger partial charge in [0.1, 0.15) is 0 Å². The Morgan fingerprint density at radius 3 is 3.00 bits per heavy atom. The van der Waals surface area contributed by atoms with Gasteiger partial charge in [0.2, 0.25) is 11.8 Å². The zero-order valence-corrected chi connectivity index (χ0v) is 10.2. The number of hydrogen-bond donors (Lipinski definition) is 2. The predicted octanol–water partition coefficient (Wildman–Crippen LogP) is 0.652. The third-order valence-corrected chi connectivity index (χ3v) is 3.56. The number of thioether (sulfide) groups is 1. The molecule has 0 radical (unpaired) electrons. The van der Waals surface area contributed by atoms with E-state index in [-0.39, 0.29) is 24.1 Å². The molecule has 0 spiro atoms. The Labute approximate surface area is 103 Å². The molecule has 0 atom stereocenters. The van der Waals surface area contributed by atoms with Gasteiger partial charge in [0.05, 0.1) is 18.0 Å². The summed E-state index contributed by atoms with van der Waals surface area (Å²) in [6, 6.07) is 5.59. The maximum absolute atomic E-state index is 11.8. The van der Waals surface area contributed by atoms with Crippen LogP contribution in [0.4, 0.5) is 11.4 Å². The van der Waals surface area contributed by atoms with Gasteiger partial charge in [-0.2, -0.15) is 0 Å². The lowest BCUT2D eigenvalue weighted by Crippen LogP contribution is -2.43. The Morgan fingerprint density at radius 1 is 1.59 bits per heavy atom. The van der Waals surface area contributed by atoms with Gasteiger partial charge in [0, 0.05) is 17.6 Å². The molecule has 0 aromatic heterocycles. The summed E-state index contributed by atoms with van der Waals surface area (Å²) in [4.78, 5) is 25.6. The number of fused-ring (bicyclic) bond motifs is 1. The van der Waals surface area contributed by atoms with Crippen LogP contribution in [0.3, 0.4) is 0 Å². The Hall–Kier alpha value is -1.53. The molecule has 2 rings (SSSR count). The quantitative estimate of drug-likeness (QED) is 0.807. The third kappa shape index (κ3) is 2.13. The van der Waals surface area contributed by atoms with E-state index in [0.29, 0.717) is 5.69 Å². The van der Waals surface area contributed by atoms with Gasteiger partial charge in [-0.25, -0.2) is 4.90 Å². The van der Waals surface area contributed by atoms with E-state index in [1.807, 2.05) is 12.1 Å². The highest BCUT2D eigenvalue weighted by molar-refractivity contribution is 8.00. The predicted molar refractivity (Wildman–Crippen MR) is 68.3 cm³/mol. The van der Waals surface area contributed by atoms with Crippen LogP contribution in [0.1, 0.15) is 0 Å². The molecule has 0 bridgehead atoms. The maximum atomic E-state index is 11.8. The monoisotopic (exact) mass is 251 g/mol. The zero-order valence-electron chi connectivity index (χ0n) is 9.40. The molecule has 90 valence electrons. The molecule has 1 aliphatic rings. The van der Waals surface area contributed by atoms with Gasteiger partial charge < -0.3 is 11.1 Å². The van der Waals surface area contributed by atoms with E-state index in [1.165, 1.54) is 16.7 Å². The molecule has 1 aromatic rings. The first-order valence-corrected chi connectivity index (χ1v) is 6.16. The van der Waals surface area contributed by atoms with Crippen LogP contribution in [-0.2, 0) is 9.59 Å². The number of nitrogens with one attached hydrogen (secondary N) is 1. The highest BCUT2D eigenvalue weighted by Crippen LogP contribution is 2.37. The van der Waals surface area contributed by atoms with Crippen LogP contribution in [0.15, 0.2) is 23.1 Å². The largest absolute Gasteiger partial charge is 0.388 e. The highest BCUT2D eigenvalue weighted by Gasteiger charge is 2.29. The average molecular weight is 251 g/mol. The minimum Gasteiger partial charge on any atom is -0.388 e. The van der Waals surface area contributed by atoms with Crippen molar-refractivity contribution in [1.82, 2.24) is 0 Å². The lowest BCUT2D eigenvalue weighted by atomic mass is 10.2.